The van der Waals surface area contributed by atoms with E-state index in [1.54, 1.807) is 14.2 Å². The summed E-state index contributed by atoms with van der Waals surface area (Å²) in [4.78, 5) is 0. The highest BCUT2D eigenvalue weighted by Crippen LogP contribution is 2.40. The van der Waals surface area contributed by atoms with Gasteiger partial charge in [0.2, 0.25) is 0 Å². The highest BCUT2D eigenvalue weighted by atomic mass is 32.2. The first-order valence-corrected chi connectivity index (χ1v) is 8.34. The molecule has 0 spiro atoms. The van der Waals surface area contributed by atoms with Crippen molar-refractivity contribution in [3.05, 3.63) is 35.2 Å². The summed E-state index contributed by atoms with van der Waals surface area (Å²) in [6.45, 7) is 3.41. The molecule has 0 bridgehead atoms. The first-order chi connectivity index (χ1) is 10.3. The quantitative estimate of drug-likeness (QED) is 0.718. The molecule has 0 saturated carbocycles. The second-order valence-electron chi connectivity index (χ2n) is 5.01. The van der Waals surface area contributed by atoms with Crippen molar-refractivity contribution >= 4 is 11.8 Å². The molecule has 0 radical (unpaired) electrons. The van der Waals surface area contributed by atoms with Gasteiger partial charge in [0.25, 0.3) is 0 Å². The summed E-state index contributed by atoms with van der Waals surface area (Å²) in [5, 5.41) is 2.79. The molecular weight excluding hydrogens is 284 g/mol. The number of thioether (sulfide) groups is 1. The summed E-state index contributed by atoms with van der Waals surface area (Å²) in [5.41, 5.74) is 1.30. The van der Waals surface area contributed by atoms with Crippen molar-refractivity contribution in [2.75, 3.05) is 27.4 Å². The van der Waals surface area contributed by atoms with Crippen LogP contribution in [0.4, 0.5) is 0 Å². The third-order valence-electron chi connectivity index (χ3n) is 3.72. The molecule has 1 aromatic rings. The maximum absolute atomic E-state index is 5.71. The van der Waals surface area contributed by atoms with Crippen LogP contribution in [0.15, 0.2) is 29.7 Å². The average Bonchev–Trinajstić information content (AvgIpc) is 3.02. The molecule has 116 valence electrons. The molecule has 2 atom stereocenters. The van der Waals surface area contributed by atoms with Gasteiger partial charge in [-0.3, -0.25) is 0 Å². The van der Waals surface area contributed by atoms with Crippen molar-refractivity contribution in [1.82, 2.24) is 0 Å². The third-order valence-corrected chi connectivity index (χ3v) is 4.94. The van der Waals surface area contributed by atoms with E-state index < -0.39 is 0 Å². The normalized spacial score (nSPS) is 18.7. The van der Waals surface area contributed by atoms with E-state index in [0.29, 0.717) is 17.8 Å². The summed E-state index contributed by atoms with van der Waals surface area (Å²) in [6.07, 6.45) is 4.39. The van der Waals surface area contributed by atoms with E-state index in [1.165, 1.54) is 5.56 Å². The van der Waals surface area contributed by atoms with Gasteiger partial charge in [-0.2, -0.15) is 0 Å². The van der Waals surface area contributed by atoms with Crippen molar-refractivity contribution in [3.8, 4) is 11.5 Å². The fourth-order valence-corrected chi connectivity index (χ4v) is 3.79. The van der Waals surface area contributed by atoms with E-state index in [0.717, 1.165) is 30.9 Å². The van der Waals surface area contributed by atoms with Crippen molar-refractivity contribution in [2.45, 2.75) is 30.9 Å². The molecule has 1 aliphatic heterocycles. The highest BCUT2D eigenvalue weighted by Gasteiger charge is 2.25. The molecule has 0 saturated heterocycles. The molecular formula is C17H24O3S. The summed E-state index contributed by atoms with van der Waals surface area (Å²) < 4.78 is 16.4. The van der Waals surface area contributed by atoms with Gasteiger partial charge < -0.3 is 14.2 Å². The molecule has 0 aromatic heterocycles. The third kappa shape index (κ3) is 4.17. The predicted molar refractivity (Wildman–Crippen MR) is 88.5 cm³/mol. The van der Waals surface area contributed by atoms with Crippen molar-refractivity contribution < 1.29 is 14.2 Å². The van der Waals surface area contributed by atoms with Crippen LogP contribution in [0.25, 0.3) is 0 Å². The molecule has 1 aromatic carbocycles. The van der Waals surface area contributed by atoms with Gasteiger partial charge in [-0.15, -0.1) is 11.8 Å². The second-order valence-corrected chi connectivity index (χ2v) is 6.16. The lowest BCUT2D eigenvalue weighted by Gasteiger charge is -2.24. The lowest BCUT2D eigenvalue weighted by atomic mass is 9.90. The van der Waals surface area contributed by atoms with E-state index in [4.69, 9.17) is 14.2 Å². The Morgan fingerprint density at radius 1 is 1.29 bits per heavy atom. The van der Waals surface area contributed by atoms with Crippen LogP contribution in [0, 0.1) is 0 Å². The lowest BCUT2D eigenvalue weighted by Crippen LogP contribution is -2.15. The number of rotatable bonds is 8. The standard InChI is InChI=1S/C17H24O3S/c1-4-20-16-12-13(7-8-15(16)19-3)14(9-10-18-2)17-6-5-11-21-17/h5,7-8,11-12,14,17H,4,6,9-10H2,1-3H3. The Morgan fingerprint density at radius 3 is 2.76 bits per heavy atom. The number of ether oxygens (including phenoxy) is 3. The fraction of sp³-hybridized carbons (Fsp3) is 0.529. The van der Waals surface area contributed by atoms with Gasteiger partial charge in [-0.05, 0) is 48.8 Å². The van der Waals surface area contributed by atoms with Gasteiger partial charge in [-0.25, -0.2) is 0 Å². The van der Waals surface area contributed by atoms with Crippen LogP contribution in [0.2, 0.25) is 0 Å². The number of hydrogen-bond acceptors (Lipinski definition) is 4. The molecule has 21 heavy (non-hydrogen) atoms. The van der Waals surface area contributed by atoms with Gasteiger partial charge in [-0.1, -0.05) is 12.1 Å². The first kappa shape index (κ1) is 16.2. The first-order valence-electron chi connectivity index (χ1n) is 7.40. The Labute approximate surface area is 131 Å². The minimum atomic E-state index is 0.468. The van der Waals surface area contributed by atoms with E-state index in [9.17, 15) is 0 Å². The Bertz CT molecular complexity index is 465. The molecule has 2 unspecified atom stereocenters. The Balaban J connectivity index is 2.23. The second kappa shape index (κ2) is 8.35. The van der Waals surface area contributed by atoms with Crippen molar-refractivity contribution in [3.63, 3.8) is 0 Å². The Morgan fingerprint density at radius 2 is 2.14 bits per heavy atom. The minimum absolute atomic E-state index is 0.468. The summed E-state index contributed by atoms with van der Waals surface area (Å²) >= 11 is 1.92. The van der Waals surface area contributed by atoms with Gasteiger partial charge in [0.1, 0.15) is 0 Å². The number of benzene rings is 1. The smallest absolute Gasteiger partial charge is 0.161 e. The van der Waals surface area contributed by atoms with Crippen LogP contribution in [0.1, 0.15) is 31.2 Å². The molecule has 3 nitrogen and oxygen atoms in total. The van der Waals surface area contributed by atoms with Gasteiger partial charge >= 0.3 is 0 Å². The molecule has 0 amide bonds. The zero-order valence-corrected chi connectivity index (χ0v) is 13.8. The predicted octanol–water partition coefficient (Wildman–Crippen LogP) is 4.23. The maximum Gasteiger partial charge on any atom is 0.161 e. The number of allylic oxidation sites excluding steroid dienone is 1. The summed E-state index contributed by atoms with van der Waals surface area (Å²) in [5.74, 6) is 2.09. The highest BCUT2D eigenvalue weighted by molar-refractivity contribution is 8.03. The van der Waals surface area contributed by atoms with Gasteiger partial charge in [0.05, 0.1) is 13.7 Å². The monoisotopic (exact) mass is 308 g/mol. The molecule has 4 heteroatoms. The van der Waals surface area contributed by atoms with E-state index in [2.05, 4.69) is 23.6 Å². The zero-order chi connectivity index (χ0) is 15.1. The lowest BCUT2D eigenvalue weighted by molar-refractivity contribution is 0.187. The van der Waals surface area contributed by atoms with Crippen LogP contribution in [-0.2, 0) is 4.74 Å². The number of methoxy groups -OCH3 is 2. The van der Waals surface area contributed by atoms with E-state index >= 15 is 0 Å². The van der Waals surface area contributed by atoms with Gasteiger partial charge in [0, 0.05) is 19.0 Å². The fourth-order valence-electron chi connectivity index (χ4n) is 2.67. The summed E-state index contributed by atoms with van der Waals surface area (Å²) in [7, 11) is 3.44. The van der Waals surface area contributed by atoms with E-state index in [-0.39, 0.29) is 0 Å². The average molecular weight is 308 g/mol. The molecule has 1 aliphatic rings. The summed E-state index contributed by atoms with van der Waals surface area (Å²) in [6, 6.07) is 6.29. The molecule has 1 heterocycles. The zero-order valence-electron chi connectivity index (χ0n) is 13.0. The van der Waals surface area contributed by atoms with Crippen LogP contribution >= 0.6 is 11.8 Å². The van der Waals surface area contributed by atoms with Crippen LogP contribution in [0.3, 0.4) is 0 Å². The largest absolute Gasteiger partial charge is 0.493 e. The van der Waals surface area contributed by atoms with Crippen molar-refractivity contribution in [2.24, 2.45) is 0 Å². The molecule has 0 N–H and O–H groups in total. The Hall–Kier alpha value is -1.13. The van der Waals surface area contributed by atoms with Crippen LogP contribution in [0.5, 0.6) is 11.5 Å². The molecule has 2 rings (SSSR count). The van der Waals surface area contributed by atoms with Crippen molar-refractivity contribution in [1.29, 1.82) is 0 Å². The maximum atomic E-state index is 5.71. The minimum Gasteiger partial charge on any atom is -0.493 e. The topological polar surface area (TPSA) is 27.7 Å². The van der Waals surface area contributed by atoms with Crippen LogP contribution < -0.4 is 9.47 Å². The SMILES string of the molecule is CCOc1cc(C(CCOC)C2CC=CS2)ccc1OC. The molecule has 0 fully saturated rings. The number of hydrogen-bond donors (Lipinski definition) is 0. The Kier molecular flexibility index (Phi) is 6.46. The van der Waals surface area contributed by atoms with E-state index in [1.807, 2.05) is 24.8 Å². The molecule has 0 aliphatic carbocycles. The van der Waals surface area contributed by atoms with Crippen LogP contribution in [-0.4, -0.2) is 32.7 Å². The van der Waals surface area contributed by atoms with Gasteiger partial charge in [0.15, 0.2) is 11.5 Å².